The quantitative estimate of drug-likeness (QED) is 0.915. The summed E-state index contributed by atoms with van der Waals surface area (Å²) in [5.74, 6) is -1.16. The van der Waals surface area contributed by atoms with Gasteiger partial charge in [0.05, 0.1) is 18.8 Å². The summed E-state index contributed by atoms with van der Waals surface area (Å²) in [4.78, 5) is 11.1. The minimum Gasteiger partial charge on any atom is -0.493 e. The summed E-state index contributed by atoms with van der Waals surface area (Å²) in [6, 6.07) is 11.4. The largest absolute Gasteiger partial charge is 0.493 e. The molecule has 2 aromatic rings. The Labute approximate surface area is 133 Å². The van der Waals surface area contributed by atoms with Crippen LogP contribution < -0.4 is 4.74 Å². The summed E-state index contributed by atoms with van der Waals surface area (Å²) in [6.07, 6.45) is 0.949. The van der Waals surface area contributed by atoms with Gasteiger partial charge in [-0.3, -0.25) is 0 Å². The maximum absolute atomic E-state index is 14.5. The summed E-state index contributed by atoms with van der Waals surface area (Å²) < 4.78 is 25.6. The average Bonchev–Trinajstić information content (AvgIpc) is 3.07. The van der Waals surface area contributed by atoms with Crippen LogP contribution in [-0.2, 0) is 4.74 Å². The molecule has 1 heterocycles. The first-order valence-electron chi connectivity index (χ1n) is 7.48. The van der Waals surface area contributed by atoms with Gasteiger partial charge in [0.15, 0.2) is 0 Å². The van der Waals surface area contributed by atoms with Crippen molar-refractivity contribution in [3.05, 3.63) is 53.8 Å². The molecule has 0 bridgehead atoms. The van der Waals surface area contributed by atoms with Gasteiger partial charge in [-0.1, -0.05) is 30.3 Å². The molecule has 1 unspecified atom stereocenters. The topological polar surface area (TPSA) is 55.8 Å². The second-order valence-corrected chi connectivity index (χ2v) is 5.51. The van der Waals surface area contributed by atoms with E-state index in [9.17, 15) is 9.18 Å². The monoisotopic (exact) mass is 316 g/mol. The van der Waals surface area contributed by atoms with Crippen molar-refractivity contribution in [3.63, 3.8) is 0 Å². The van der Waals surface area contributed by atoms with Crippen LogP contribution in [-0.4, -0.2) is 30.9 Å². The molecule has 1 aliphatic heterocycles. The van der Waals surface area contributed by atoms with Crippen LogP contribution in [0.4, 0.5) is 4.39 Å². The molecule has 4 nitrogen and oxygen atoms in total. The van der Waals surface area contributed by atoms with E-state index in [-0.39, 0.29) is 11.1 Å². The molecule has 120 valence electrons. The lowest BCUT2D eigenvalue weighted by molar-refractivity contribution is 0.0692. The highest BCUT2D eigenvalue weighted by Gasteiger charge is 2.19. The fourth-order valence-corrected chi connectivity index (χ4v) is 2.64. The number of carboxylic acid groups (broad SMARTS) is 1. The Balaban J connectivity index is 1.91. The Morgan fingerprint density at radius 3 is 2.74 bits per heavy atom. The van der Waals surface area contributed by atoms with Crippen molar-refractivity contribution >= 4 is 5.97 Å². The molecule has 0 radical (unpaired) electrons. The molecule has 0 amide bonds. The molecule has 1 aliphatic rings. The molecule has 0 saturated carbocycles. The molecule has 1 saturated heterocycles. The van der Waals surface area contributed by atoms with Crippen LogP contribution in [0.5, 0.6) is 5.75 Å². The van der Waals surface area contributed by atoms with Gasteiger partial charge in [-0.15, -0.1) is 0 Å². The molecular formula is C18H17FO4. The van der Waals surface area contributed by atoms with E-state index in [1.807, 2.05) is 6.07 Å². The predicted octanol–water partition coefficient (Wildman–Crippen LogP) is 3.61. The Morgan fingerprint density at radius 2 is 2.00 bits per heavy atom. The van der Waals surface area contributed by atoms with E-state index in [1.165, 1.54) is 12.1 Å². The lowest BCUT2D eigenvalue weighted by Gasteiger charge is -2.15. The van der Waals surface area contributed by atoms with E-state index in [0.717, 1.165) is 13.0 Å². The molecular weight excluding hydrogens is 299 g/mol. The van der Waals surface area contributed by atoms with Crippen molar-refractivity contribution in [1.29, 1.82) is 0 Å². The Bertz CT molecular complexity index is 708. The molecule has 3 rings (SSSR count). The number of halogens is 1. The van der Waals surface area contributed by atoms with Gasteiger partial charge < -0.3 is 14.6 Å². The van der Waals surface area contributed by atoms with Gasteiger partial charge in [-0.2, -0.15) is 0 Å². The van der Waals surface area contributed by atoms with Gasteiger partial charge in [0, 0.05) is 23.7 Å². The zero-order chi connectivity index (χ0) is 16.2. The highest BCUT2D eigenvalue weighted by Crippen LogP contribution is 2.33. The molecule has 1 fully saturated rings. The van der Waals surface area contributed by atoms with E-state index in [1.54, 1.807) is 24.3 Å². The Kier molecular flexibility index (Phi) is 4.57. The fraction of sp³-hybridized carbons (Fsp3) is 0.278. The maximum Gasteiger partial charge on any atom is 0.338 e. The zero-order valence-corrected chi connectivity index (χ0v) is 12.5. The van der Waals surface area contributed by atoms with Gasteiger partial charge in [0.25, 0.3) is 0 Å². The van der Waals surface area contributed by atoms with E-state index < -0.39 is 11.8 Å². The van der Waals surface area contributed by atoms with Crippen molar-refractivity contribution in [2.75, 3.05) is 19.8 Å². The molecule has 1 atom stereocenters. The van der Waals surface area contributed by atoms with Gasteiger partial charge >= 0.3 is 5.97 Å². The number of ether oxygens (including phenoxy) is 2. The molecule has 0 aromatic heterocycles. The first kappa shape index (κ1) is 15.5. The Hall–Kier alpha value is -2.40. The molecule has 0 spiro atoms. The first-order chi connectivity index (χ1) is 11.2. The van der Waals surface area contributed by atoms with Crippen molar-refractivity contribution < 1.29 is 23.8 Å². The van der Waals surface area contributed by atoms with Crippen LogP contribution in [0.25, 0.3) is 11.1 Å². The van der Waals surface area contributed by atoms with Crippen LogP contribution in [0.3, 0.4) is 0 Å². The molecule has 23 heavy (non-hydrogen) atoms. The first-order valence-corrected chi connectivity index (χ1v) is 7.48. The number of benzene rings is 2. The number of rotatable bonds is 5. The SMILES string of the molecule is O=C(O)c1cccc(-c2ccccc2OCC2CCOC2)c1F. The lowest BCUT2D eigenvalue weighted by atomic mass is 10.0. The standard InChI is InChI=1S/C18H17FO4/c19-17-14(5-3-6-15(17)18(20)21)13-4-1-2-7-16(13)23-11-12-8-9-22-10-12/h1-7,12H,8-11H2,(H,20,21). The number of carboxylic acids is 1. The third-order valence-electron chi connectivity index (χ3n) is 3.90. The second kappa shape index (κ2) is 6.79. The van der Waals surface area contributed by atoms with Gasteiger partial charge in [-0.25, -0.2) is 9.18 Å². The van der Waals surface area contributed by atoms with Crippen molar-refractivity contribution in [3.8, 4) is 16.9 Å². The molecule has 2 aromatic carbocycles. The smallest absolute Gasteiger partial charge is 0.338 e. The number of aromatic carboxylic acids is 1. The third kappa shape index (κ3) is 3.35. The number of hydrogen-bond donors (Lipinski definition) is 1. The summed E-state index contributed by atoms with van der Waals surface area (Å²) in [5, 5.41) is 9.07. The zero-order valence-electron chi connectivity index (χ0n) is 12.5. The van der Waals surface area contributed by atoms with Gasteiger partial charge in [0.1, 0.15) is 11.6 Å². The fourth-order valence-electron chi connectivity index (χ4n) is 2.64. The van der Waals surface area contributed by atoms with Crippen molar-refractivity contribution in [2.45, 2.75) is 6.42 Å². The predicted molar refractivity (Wildman–Crippen MR) is 83.2 cm³/mol. The van der Waals surface area contributed by atoms with Crippen LogP contribution in [0.15, 0.2) is 42.5 Å². The Morgan fingerprint density at radius 1 is 1.22 bits per heavy atom. The van der Waals surface area contributed by atoms with E-state index in [2.05, 4.69) is 0 Å². The minimum atomic E-state index is -1.29. The van der Waals surface area contributed by atoms with Crippen molar-refractivity contribution in [2.24, 2.45) is 5.92 Å². The highest BCUT2D eigenvalue weighted by molar-refractivity contribution is 5.90. The van der Waals surface area contributed by atoms with E-state index in [4.69, 9.17) is 14.6 Å². The van der Waals surface area contributed by atoms with Gasteiger partial charge in [-0.05, 0) is 18.6 Å². The third-order valence-corrected chi connectivity index (χ3v) is 3.90. The van der Waals surface area contributed by atoms with E-state index in [0.29, 0.717) is 30.4 Å². The lowest BCUT2D eigenvalue weighted by Crippen LogP contribution is -2.12. The summed E-state index contributed by atoms with van der Waals surface area (Å²) in [6.45, 7) is 1.91. The van der Waals surface area contributed by atoms with Gasteiger partial charge in [0.2, 0.25) is 0 Å². The summed E-state index contributed by atoms with van der Waals surface area (Å²) >= 11 is 0. The van der Waals surface area contributed by atoms with E-state index >= 15 is 0 Å². The number of para-hydroxylation sites is 1. The van der Waals surface area contributed by atoms with Crippen LogP contribution >= 0.6 is 0 Å². The second-order valence-electron chi connectivity index (χ2n) is 5.51. The summed E-state index contributed by atoms with van der Waals surface area (Å²) in [5.41, 5.74) is 0.427. The number of carbonyl (C=O) groups is 1. The van der Waals surface area contributed by atoms with Crippen LogP contribution in [0.1, 0.15) is 16.8 Å². The molecule has 1 N–H and O–H groups in total. The van der Waals surface area contributed by atoms with Crippen LogP contribution in [0.2, 0.25) is 0 Å². The highest BCUT2D eigenvalue weighted by atomic mass is 19.1. The molecule has 5 heteroatoms. The minimum absolute atomic E-state index is 0.225. The number of hydrogen-bond acceptors (Lipinski definition) is 3. The maximum atomic E-state index is 14.5. The van der Waals surface area contributed by atoms with Crippen molar-refractivity contribution in [1.82, 2.24) is 0 Å². The molecule has 0 aliphatic carbocycles. The van der Waals surface area contributed by atoms with Crippen LogP contribution in [0, 0.1) is 11.7 Å². The summed E-state index contributed by atoms with van der Waals surface area (Å²) in [7, 11) is 0. The average molecular weight is 316 g/mol. The normalized spacial score (nSPS) is 17.2.